The lowest BCUT2D eigenvalue weighted by atomic mass is 9.90. The minimum Gasteiger partial charge on any atom is -0.451 e. The topological polar surface area (TPSA) is 150 Å². The van der Waals surface area contributed by atoms with Crippen molar-refractivity contribution >= 4 is 47.0 Å². The van der Waals surface area contributed by atoms with Crippen LogP contribution in [0, 0.1) is 0 Å². The molecule has 2 fully saturated rings. The highest BCUT2D eigenvalue weighted by atomic mass is 35.5. The Hall–Kier alpha value is -4.70. The molecule has 0 bridgehead atoms. The molecule has 0 atom stereocenters. The van der Waals surface area contributed by atoms with E-state index >= 15 is 0 Å². The van der Waals surface area contributed by atoms with E-state index in [0.717, 1.165) is 6.20 Å². The number of nitrogens with one attached hydrogen (secondary N) is 3. The summed E-state index contributed by atoms with van der Waals surface area (Å²) < 4.78 is 47.1. The van der Waals surface area contributed by atoms with Crippen molar-refractivity contribution in [2.75, 3.05) is 44.6 Å². The first-order valence-electron chi connectivity index (χ1n) is 14.0. The van der Waals surface area contributed by atoms with E-state index in [4.69, 9.17) is 16.3 Å². The van der Waals surface area contributed by atoms with Crippen LogP contribution in [0.15, 0.2) is 43.0 Å². The quantitative estimate of drug-likeness (QED) is 0.258. The first kappa shape index (κ1) is 30.3. The Labute approximate surface area is 258 Å². The second-order valence-electron chi connectivity index (χ2n) is 10.6. The summed E-state index contributed by atoms with van der Waals surface area (Å²) in [7, 11) is 0. The van der Waals surface area contributed by atoms with Gasteiger partial charge in [0.05, 0.1) is 34.2 Å². The molecule has 17 heteroatoms. The fourth-order valence-electron chi connectivity index (χ4n) is 5.68. The molecule has 3 aromatic heterocycles. The Kier molecular flexibility index (Phi) is 8.09. The van der Waals surface area contributed by atoms with Crippen molar-refractivity contribution in [3.8, 4) is 11.3 Å². The van der Waals surface area contributed by atoms with Crippen LogP contribution in [0.25, 0.3) is 16.9 Å². The monoisotopic (exact) mass is 645 g/mol. The van der Waals surface area contributed by atoms with Crippen LogP contribution in [0.1, 0.15) is 28.9 Å². The number of aromatic nitrogens is 5. The Morgan fingerprint density at radius 1 is 1.07 bits per heavy atom. The zero-order valence-electron chi connectivity index (χ0n) is 23.6. The lowest BCUT2D eigenvalue weighted by molar-refractivity contribution is -0.169. The van der Waals surface area contributed by atoms with Crippen LogP contribution in [-0.4, -0.2) is 97.5 Å². The molecule has 5 heterocycles. The number of halogens is 4. The van der Waals surface area contributed by atoms with Gasteiger partial charge in [-0.05, 0) is 31.3 Å². The van der Waals surface area contributed by atoms with Crippen molar-refractivity contribution in [2.45, 2.75) is 24.6 Å². The Bertz CT molecular complexity index is 1740. The molecule has 2 aliphatic heterocycles. The van der Waals surface area contributed by atoms with E-state index in [1.807, 2.05) is 5.10 Å². The predicted octanol–water partition coefficient (Wildman–Crippen LogP) is 3.11. The van der Waals surface area contributed by atoms with Crippen LogP contribution in [0.3, 0.4) is 0 Å². The van der Waals surface area contributed by atoms with Gasteiger partial charge < -0.3 is 25.2 Å². The fraction of sp³-hybridized carbons (Fsp3) is 0.357. The summed E-state index contributed by atoms with van der Waals surface area (Å²) in [6.07, 6.45) is 1.41. The molecule has 4 aromatic rings. The normalized spacial score (nSPS) is 16.9. The van der Waals surface area contributed by atoms with E-state index in [1.54, 1.807) is 28.0 Å². The first-order chi connectivity index (χ1) is 21.6. The van der Waals surface area contributed by atoms with Crippen molar-refractivity contribution in [3.05, 3.63) is 59.3 Å². The second-order valence-corrected chi connectivity index (χ2v) is 11.0. The van der Waals surface area contributed by atoms with Gasteiger partial charge in [-0.2, -0.15) is 18.3 Å². The molecule has 2 saturated heterocycles. The van der Waals surface area contributed by atoms with E-state index < -0.39 is 17.5 Å². The van der Waals surface area contributed by atoms with Crippen LogP contribution >= 0.6 is 11.6 Å². The summed E-state index contributed by atoms with van der Waals surface area (Å²) in [5.74, 6) is -0.310. The minimum atomic E-state index is -4.63. The molecule has 0 saturated carbocycles. The van der Waals surface area contributed by atoms with Gasteiger partial charge in [0.15, 0.2) is 17.1 Å². The van der Waals surface area contributed by atoms with Gasteiger partial charge in [0.25, 0.3) is 18.3 Å². The highest BCUT2D eigenvalue weighted by molar-refractivity contribution is 6.34. The van der Waals surface area contributed by atoms with E-state index in [-0.39, 0.29) is 71.3 Å². The number of amides is 2. The van der Waals surface area contributed by atoms with Gasteiger partial charge in [-0.15, -0.1) is 0 Å². The molecule has 0 spiro atoms. The number of hydrogen-bond acceptors (Lipinski definition) is 9. The lowest BCUT2D eigenvalue weighted by Gasteiger charge is -2.41. The molecule has 6 rings (SSSR count). The number of hydrogen-bond donors (Lipinski definition) is 3. The van der Waals surface area contributed by atoms with Crippen molar-refractivity contribution in [3.63, 3.8) is 0 Å². The number of piperidine rings is 1. The molecule has 13 nitrogen and oxygen atoms in total. The van der Waals surface area contributed by atoms with E-state index in [0.29, 0.717) is 38.1 Å². The molecular formula is C28H27ClF3N9O4. The molecule has 0 aliphatic carbocycles. The standard InChI is InChI=1S/C28H27ClF3N9O4/c29-20-13-17(37-23-24-35-15-21(41(24)8-7-34-23)19-14-36-38-22(19)28(30,31)32)1-2-18(20)25(43)39-9-11-40(12-10-39)26(44)27(45-16-42)3-5-33-6-4-27/h1-2,7-8,13-16,33H,3-6,9-12H2,(H,34,37)(H,36,38). The number of piperazine rings is 1. The van der Waals surface area contributed by atoms with Crippen LogP contribution in [-0.2, 0) is 20.5 Å². The third-order valence-corrected chi connectivity index (χ3v) is 8.33. The van der Waals surface area contributed by atoms with Gasteiger partial charge in [-0.3, -0.25) is 23.9 Å². The molecule has 0 radical (unpaired) electrons. The summed E-state index contributed by atoms with van der Waals surface area (Å²) in [5.41, 5.74) is -1.19. The zero-order valence-corrected chi connectivity index (χ0v) is 24.4. The highest BCUT2D eigenvalue weighted by Crippen LogP contribution is 2.36. The molecular weight excluding hydrogens is 619 g/mol. The largest absolute Gasteiger partial charge is 0.451 e. The maximum absolute atomic E-state index is 13.4. The van der Waals surface area contributed by atoms with Crippen molar-refractivity contribution in [2.24, 2.45) is 0 Å². The summed E-state index contributed by atoms with van der Waals surface area (Å²) in [4.78, 5) is 49.5. The van der Waals surface area contributed by atoms with Crippen LogP contribution < -0.4 is 10.6 Å². The van der Waals surface area contributed by atoms with Gasteiger partial charge >= 0.3 is 6.18 Å². The molecule has 1 aromatic carbocycles. The Balaban J connectivity index is 1.14. The summed E-state index contributed by atoms with van der Waals surface area (Å²) in [6.45, 7) is 2.55. The number of alkyl halides is 3. The molecule has 236 valence electrons. The molecule has 3 N–H and O–H groups in total. The number of nitrogens with zero attached hydrogens (tertiary/aromatic N) is 6. The maximum atomic E-state index is 13.4. The Morgan fingerprint density at radius 2 is 1.80 bits per heavy atom. The molecule has 2 aliphatic rings. The number of rotatable bonds is 7. The number of anilines is 2. The average molecular weight is 646 g/mol. The number of ether oxygens (including phenoxy) is 1. The van der Waals surface area contributed by atoms with Gasteiger partial charge in [0, 0.05) is 57.1 Å². The first-order valence-corrected chi connectivity index (χ1v) is 14.4. The molecule has 2 amide bonds. The number of benzene rings is 1. The predicted molar refractivity (Wildman–Crippen MR) is 155 cm³/mol. The van der Waals surface area contributed by atoms with Gasteiger partial charge in [0.1, 0.15) is 5.69 Å². The number of H-pyrrole nitrogens is 1. The third kappa shape index (κ3) is 5.78. The lowest BCUT2D eigenvalue weighted by Crippen LogP contribution is -2.60. The second kappa shape index (κ2) is 12.0. The highest BCUT2D eigenvalue weighted by Gasteiger charge is 2.45. The Morgan fingerprint density at radius 3 is 2.49 bits per heavy atom. The van der Waals surface area contributed by atoms with Crippen LogP contribution in [0.2, 0.25) is 5.02 Å². The minimum absolute atomic E-state index is 0.164. The number of fused-ring (bicyclic) bond motifs is 1. The van der Waals surface area contributed by atoms with E-state index in [1.165, 1.54) is 23.0 Å². The fourth-order valence-corrected chi connectivity index (χ4v) is 5.94. The zero-order chi connectivity index (χ0) is 31.8. The van der Waals surface area contributed by atoms with Crippen molar-refractivity contribution in [1.82, 2.24) is 39.7 Å². The smallest absolute Gasteiger partial charge is 0.433 e. The summed E-state index contributed by atoms with van der Waals surface area (Å²) in [5, 5.41) is 11.9. The summed E-state index contributed by atoms with van der Waals surface area (Å²) >= 11 is 6.53. The van der Waals surface area contributed by atoms with Crippen molar-refractivity contribution in [1.29, 1.82) is 0 Å². The average Bonchev–Trinajstić information content (AvgIpc) is 3.69. The number of carbonyl (C=O) groups is 3. The number of imidazole rings is 1. The maximum Gasteiger partial charge on any atom is 0.433 e. The third-order valence-electron chi connectivity index (χ3n) is 8.02. The van der Waals surface area contributed by atoms with E-state index in [9.17, 15) is 27.6 Å². The van der Waals surface area contributed by atoms with Gasteiger partial charge in [-0.1, -0.05) is 11.6 Å². The number of carbonyl (C=O) groups excluding carboxylic acids is 3. The molecule has 0 unspecified atom stereocenters. The molecule has 45 heavy (non-hydrogen) atoms. The summed E-state index contributed by atoms with van der Waals surface area (Å²) in [6, 6.07) is 4.73. The number of aromatic amines is 1. The van der Waals surface area contributed by atoms with Crippen LogP contribution in [0.4, 0.5) is 24.7 Å². The van der Waals surface area contributed by atoms with Gasteiger partial charge in [0.2, 0.25) is 0 Å². The van der Waals surface area contributed by atoms with E-state index in [2.05, 4.69) is 25.7 Å². The van der Waals surface area contributed by atoms with Crippen molar-refractivity contribution < 1.29 is 32.3 Å². The van der Waals surface area contributed by atoms with Crippen LogP contribution in [0.5, 0.6) is 0 Å². The SMILES string of the molecule is O=COC1(C(=O)N2CCN(C(=O)c3ccc(Nc4nccn5c(-c6cn[nH]c6C(F)(F)F)cnc45)cc3Cl)CC2)CCNCC1. The van der Waals surface area contributed by atoms with Gasteiger partial charge in [-0.25, -0.2) is 9.97 Å².